The molecule has 1 aromatic carbocycles. The first-order valence-electron chi connectivity index (χ1n) is 8.37. The monoisotopic (exact) mass is 396 g/mol. The molecule has 3 rings (SSSR count). The van der Waals surface area contributed by atoms with Gasteiger partial charge in [0.1, 0.15) is 6.33 Å². The van der Waals surface area contributed by atoms with Gasteiger partial charge in [-0.05, 0) is 18.6 Å². The lowest BCUT2D eigenvalue weighted by molar-refractivity contribution is -0.119. The molecule has 0 atom stereocenters. The average Bonchev–Trinajstić information content (AvgIpc) is 3.19. The SMILES string of the molecule is CCc1c(C(=O)OCC(=O)Nc2ccccc2SCC#N)cnc2ncnn12. The molecule has 10 heteroatoms. The largest absolute Gasteiger partial charge is 0.452 e. The number of aromatic nitrogens is 4. The van der Waals surface area contributed by atoms with Crippen LogP contribution in [0.25, 0.3) is 5.78 Å². The molecular formula is C18H16N6O3S. The summed E-state index contributed by atoms with van der Waals surface area (Å²) in [5.74, 6) is -0.493. The molecule has 1 N–H and O–H groups in total. The fourth-order valence-corrected chi connectivity index (χ4v) is 3.21. The van der Waals surface area contributed by atoms with Crippen LogP contribution in [0.1, 0.15) is 23.0 Å². The van der Waals surface area contributed by atoms with Crippen LogP contribution in [0.4, 0.5) is 5.69 Å². The number of para-hydroxylation sites is 1. The molecule has 0 aliphatic heterocycles. The molecule has 0 aliphatic rings. The fourth-order valence-electron chi connectivity index (χ4n) is 2.54. The molecule has 9 nitrogen and oxygen atoms in total. The average molecular weight is 396 g/mol. The number of ether oxygens (including phenoxy) is 1. The third-order valence-electron chi connectivity index (χ3n) is 3.75. The summed E-state index contributed by atoms with van der Waals surface area (Å²) in [6, 6.07) is 9.14. The third-order valence-corrected chi connectivity index (χ3v) is 4.69. The number of nitrogens with zero attached hydrogens (tertiary/aromatic N) is 5. The van der Waals surface area contributed by atoms with Gasteiger partial charge < -0.3 is 10.1 Å². The second-order valence-corrected chi connectivity index (χ2v) is 6.53. The molecule has 1 amide bonds. The predicted molar refractivity (Wildman–Crippen MR) is 102 cm³/mol. The van der Waals surface area contributed by atoms with E-state index in [1.165, 1.54) is 28.8 Å². The zero-order valence-corrected chi connectivity index (χ0v) is 15.8. The summed E-state index contributed by atoms with van der Waals surface area (Å²) in [6.45, 7) is 1.42. The number of nitriles is 1. The summed E-state index contributed by atoms with van der Waals surface area (Å²) in [6.07, 6.45) is 3.24. The second kappa shape index (κ2) is 8.96. The number of rotatable bonds is 7. The normalized spacial score (nSPS) is 10.4. The molecule has 142 valence electrons. The van der Waals surface area contributed by atoms with Crippen molar-refractivity contribution in [3.05, 3.63) is 48.0 Å². The Morgan fingerprint density at radius 3 is 2.93 bits per heavy atom. The number of benzene rings is 1. The van der Waals surface area contributed by atoms with Crippen LogP contribution in [0.2, 0.25) is 0 Å². The summed E-state index contributed by atoms with van der Waals surface area (Å²) >= 11 is 1.31. The first-order chi connectivity index (χ1) is 13.6. The smallest absolute Gasteiger partial charge is 0.342 e. The van der Waals surface area contributed by atoms with Gasteiger partial charge in [0.2, 0.25) is 0 Å². The molecule has 28 heavy (non-hydrogen) atoms. The van der Waals surface area contributed by atoms with Gasteiger partial charge in [-0.2, -0.15) is 15.3 Å². The Kier molecular flexibility index (Phi) is 6.18. The van der Waals surface area contributed by atoms with Crippen LogP contribution in [0, 0.1) is 11.3 Å². The molecule has 0 spiro atoms. The Balaban J connectivity index is 1.65. The second-order valence-electron chi connectivity index (χ2n) is 5.51. The van der Waals surface area contributed by atoms with Crippen LogP contribution in [-0.4, -0.2) is 43.8 Å². The predicted octanol–water partition coefficient (Wildman–Crippen LogP) is 2.10. The number of anilines is 1. The number of hydrogen-bond donors (Lipinski definition) is 1. The summed E-state index contributed by atoms with van der Waals surface area (Å²) in [4.78, 5) is 33.4. The fraction of sp³-hybridized carbons (Fsp3) is 0.222. The van der Waals surface area contributed by atoms with E-state index in [-0.39, 0.29) is 11.3 Å². The van der Waals surface area contributed by atoms with Gasteiger partial charge >= 0.3 is 5.97 Å². The van der Waals surface area contributed by atoms with E-state index in [0.717, 1.165) is 4.90 Å². The minimum Gasteiger partial charge on any atom is -0.452 e. The summed E-state index contributed by atoms with van der Waals surface area (Å²) in [7, 11) is 0. The lowest BCUT2D eigenvalue weighted by atomic mass is 10.2. The Hall–Kier alpha value is -3.45. The number of carbonyl (C=O) groups is 2. The van der Waals surface area contributed by atoms with Gasteiger partial charge in [-0.15, -0.1) is 11.8 Å². The van der Waals surface area contributed by atoms with Gasteiger partial charge in [-0.1, -0.05) is 19.1 Å². The van der Waals surface area contributed by atoms with Gasteiger partial charge in [-0.3, -0.25) is 4.79 Å². The third kappa shape index (κ3) is 4.27. The molecule has 3 aromatic rings. The van der Waals surface area contributed by atoms with E-state index in [0.29, 0.717) is 23.6 Å². The van der Waals surface area contributed by atoms with Crippen molar-refractivity contribution in [1.82, 2.24) is 19.6 Å². The maximum absolute atomic E-state index is 12.4. The number of hydrogen-bond acceptors (Lipinski definition) is 8. The number of thioether (sulfide) groups is 1. The maximum Gasteiger partial charge on any atom is 0.342 e. The highest BCUT2D eigenvalue weighted by Crippen LogP contribution is 2.26. The lowest BCUT2D eigenvalue weighted by Crippen LogP contribution is -2.22. The van der Waals surface area contributed by atoms with Gasteiger partial charge in [0.25, 0.3) is 11.7 Å². The van der Waals surface area contributed by atoms with Gasteiger partial charge in [0.05, 0.1) is 28.8 Å². The van der Waals surface area contributed by atoms with Gasteiger partial charge in [-0.25, -0.2) is 14.3 Å². The Morgan fingerprint density at radius 2 is 2.14 bits per heavy atom. The highest BCUT2D eigenvalue weighted by atomic mass is 32.2. The summed E-state index contributed by atoms with van der Waals surface area (Å²) < 4.78 is 6.61. The zero-order valence-electron chi connectivity index (χ0n) is 15.0. The molecule has 0 aliphatic carbocycles. The van der Waals surface area contributed by atoms with E-state index in [1.54, 1.807) is 18.2 Å². The van der Waals surface area contributed by atoms with Crippen LogP contribution >= 0.6 is 11.8 Å². The van der Waals surface area contributed by atoms with Crippen molar-refractivity contribution in [3.63, 3.8) is 0 Å². The molecular weight excluding hydrogens is 380 g/mol. The van der Waals surface area contributed by atoms with Crippen LogP contribution in [0.5, 0.6) is 0 Å². The summed E-state index contributed by atoms with van der Waals surface area (Å²) in [5, 5.41) is 15.5. The van der Waals surface area contributed by atoms with Crippen molar-refractivity contribution < 1.29 is 14.3 Å². The molecule has 2 aromatic heterocycles. The molecule has 0 unspecified atom stereocenters. The minimum atomic E-state index is -0.663. The van der Waals surface area contributed by atoms with Crippen LogP contribution in [-0.2, 0) is 16.0 Å². The number of nitrogens with one attached hydrogen (secondary N) is 1. The van der Waals surface area contributed by atoms with Gasteiger partial charge in [0, 0.05) is 11.1 Å². The number of aryl methyl sites for hydroxylation is 1. The molecule has 0 fully saturated rings. The highest BCUT2D eigenvalue weighted by Gasteiger charge is 2.18. The van der Waals surface area contributed by atoms with Crippen molar-refractivity contribution in [2.24, 2.45) is 0 Å². The van der Waals surface area contributed by atoms with Crippen molar-refractivity contribution >= 4 is 35.1 Å². The lowest BCUT2D eigenvalue weighted by Gasteiger charge is -2.11. The molecule has 0 saturated carbocycles. The van der Waals surface area contributed by atoms with Gasteiger partial charge in [0.15, 0.2) is 6.61 Å². The van der Waals surface area contributed by atoms with E-state index in [9.17, 15) is 9.59 Å². The molecule has 2 heterocycles. The van der Waals surface area contributed by atoms with Crippen molar-refractivity contribution in [2.45, 2.75) is 18.2 Å². The number of carbonyl (C=O) groups excluding carboxylic acids is 2. The van der Waals surface area contributed by atoms with Crippen molar-refractivity contribution in [2.75, 3.05) is 17.7 Å². The quantitative estimate of drug-likeness (QED) is 0.476. The van der Waals surface area contributed by atoms with Crippen molar-refractivity contribution in [3.8, 4) is 6.07 Å². The standard InChI is InChI=1S/C18H16N6O3S/c1-2-14-12(9-20-18-21-11-22-24(14)18)17(26)27-10-16(25)23-13-5-3-4-6-15(13)28-8-7-19/h3-6,9,11H,2,8,10H2,1H3,(H,23,25). The first kappa shape index (κ1) is 19.3. The van der Waals surface area contributed by atoms with Crippen LogP contribution in [0.15, 0.2) is 41.7 Å². The number of esters is 1. The molecule has 0 radical (unpaired) electrons. The van der Waals surface area contributed by atoms with Crippen LogP contribution < -0.4 is 5.32 Å². The zero-order chi connectivity index (χ0) is 19.9. The van der Waals surface area contributed by atoms with E-state index in [1.807, 2.05) is 19.1 Å². The molecule has 0 saturated heterocycles. The Bertz CT molecular complexity index is 1060. The van der Waals surface area contributed by atoms with Crippen molar-refractivity contribution in [1.29, 1.82) is 5.26 Å². The highest BCUT2D eigenvalue weighted by molar-refractivity contribution is 7.99. The minimum absolute atomic E-state index is 0.235. The van der Waals surface area contributed by atoms with E-state index >= 15 is 0 Å². The topological polar surface area (TPSA) is 122 Å². The van der Waals surface area contributed by atoms with Crippen LogP contribution in [0.3, 0.4) is 0 Å². The number of amides is 1. The summed E-state index contributed by atoms with van der Waals surface area (Å²) in [5.41, 5.74) is 1.40. The molecule has 0 bridgehead atoms. The Labute approximate surface area is 164 Å². The van der Waals surface area contributed by atoms with E-state index < -0.39 is 18.5 Å². The Morgan fingerprint density at radius 1 is 1.32 bits per heavy atom. The maximum atomic E-state index is 12.4. The first-order valence-corrected chi connectivity index (χ1v) is 9.36. The number of fused-ring (bicyclic) bond motifs is 1. The van der Waals surface area contributed by atoms with E-state index in [2.05, 4.69) is 20.4 Å². The van der Waals surface area contributed by atoms with E-state index in [4.69, 9.17) is 10.00 Å².